The summed E-state index contributed by atoms with van der Waals surface area (Å²) in [7, 11) is 0. The van der Waals surface area contributed by atoms with Gasteiger partial charge in [-0.05, 0) is 31.0 Å². The summed E-state index contributed by atoms with van der Waals surface area (Å²) in [4.78, 5) is 0. The number of hydrogen-bond acceptors (Lipinski definition) is 3. The molecule has 0 bridgehead atoms. The van der Waals surface area contributed by atoms with Crippen LogP contribution in [0, 0.1) is 5.82 Å². The van der Waals surface area contributed by atoms with Crippen LogP contribution < -0.4 is 15.8 Å². The van der Waals surface area contributed by atoms with Gasteiger partial charge in [0.05, 0.1) is 6.61 Å². The Hall–Kier alpha value is -1.13. The first-order valence-corrected chi connectivity index (χ1v) is 5.67. The number of hydrogen-bond donors (Lipinski definition) is 2. The quantitative estimate of drug-likeness (QED) is 0.819. The summed E-state index contributed by atoms with van der Waals surface area (Å²) in [6.45, 7) is 2.02. The average Bonchev–Trinajstić information content (AvgIpc) is 2.48. The van der Waals surface area contributed by atoms with Crippen molar-refractivity contribution in [2.45, 2.75) is 18.9 Å². The van der Waals surface area contributed by atoms with Crippen LogP contribution in [0.2, 0.25) is 0 Å². The molecule has 1 aliphatic heterocycles. The number of halogens is 1. The Labute approximate surface area is 94.8 Å². The second-order valence-corrected chi connectivity index (χ2v) is 3.97. The van der Waals surface area contributed by atoms with Crippen molar-refractivity contribution in [1.29, 1.82) is 0 Å². The molecule has 0 aliphatic carbocycles. The molecule has 0 aromatic heterocycles. The van der Waals surface area contributed by atoms with Gasteiger partial charge in [0.2, 0.25) is 0 Å². The van der Waals surface area contributed by atoms with Crippen LogP contribution in [0.15, 0.2) is 18.2 Å². The topological polar surface area (TPSA) is 47.3 Å². The lowest BCUT2D eigenvalue weighted by Crippen LogP contribution is -2.27. The molecule has 88 valence electrons. The van der Waals surface area contributed by atoms with Crippen LogP contribution in [0.25, 0.3) is 0 Å². The van der Waals surface area contributed by atoms with E-state index in [1.54, 1.807) is 12.1 Å². The van der Waals surface area contributed by atoms with E-state index >= 15 is 0 Å². The predicted octanol–water partition coefficient (Wildman–Crippen LogP) is 1.59. The average molecular weight is 224 g/mol. The Morgan fingerprint density at radius 1 is 1.50 bits per heavy atom. The Morgan fingerprint density at radius 3 is 3.19 bits per heavy atom. The third kappa shape index (κ3) is 2.51. The zero-order chi connectivity index (χ0) is 11.4. The second-order valence-electron chi connectivity index (χ2n) is 3.97. The summed E-state index contributed by atoms with van der Waals surface area (Å²) >= 11 is 0. The van der Waals surface area contributed by atoms with Gasteiger partial charge in [-0.2, -0.15) is 0 Å². The molecule has 0 radical (unpaired) electrons. The molecule has 1 aliphatic rings. The molecule has 4 heteroatoms. The molecule has 1 aromatic rings. The van der Waals surface area contributed by atoms with Crippen molar-refractivity contribution in [3.05, 3.63) is 29.6 Å². The molecule has 0 saturated heterocycles. The first kappa shape index (κ1) is 11.4. The van der Waals surface area contributed by atoms with E-state index in [0.29, 0.717) is 13.2 Å². The molecule has 1 unspecified atom stereocenters. The van der Waals surface area contributed by atoms with E-state index in [1.807, 2.05) is 0 Å². The summed E-state index contributed by atoms with van der Waals surface area (Å²) in [5.74, 6) is 0.567. The molecule has 0 spiro atoms. The molecular formula is C12H17FN2O. The number of rotatable bonds is 3. The van der Waals surface area contributed by atoms with Crippen LogP contribution in [-0.2, 0) is 0 Å². The molecule has 1 aromatic carbocycles. The number of nitrogens with two attached hydrogens (primary N) is 1. The first-order valence-electron chi connectivity index (χ1n) is 5.67. The minimum Gasteiger partial charge on any atom is -0.493 e. The van der Waals surface area contributed by atoms with E-state index < -0.39 is 0 Å². The lowest BCUT2D eigenvalue weighted by atomic mass is 10.0. The van der Waals surface area contributed by atoms with Gasteiger partial charge in [-0.15, -0.1) is 0 Å². The van der Waals surface area contributed by atoms with Gasteiger partial charge in [-0.1, -0.05) is 0 Å². The van der Waals surface area contributed by atoms with Crippen LogP contribution in [0.1, 0.15) is 24.4 Å². The summed E-state index contributed by atoms with van der Waals surface area (Å²) in [5.41, 5.74) is 6.38. The van der Waals surface area contributed by atoms with E-state index in [1.165, 1.54) is 6.07 Å². The first-order chi connectivity index (χ1) is 7.81. The smallest absolute Gasteiger partial charge is 0.124 e. The largest absolute Gasteiger partial charge is 0.493 e. The van der Waals surface area contributed by atoms with Gasteiger partial charge in [0.25, 0.3) is 0 Å². The molecule has 2 rings (SSSR count). The maximum atomic E-state index is 13.2. The van der Waals surface area contributed by atoms with E-state index in [0.717, 1.165) is 30.7 Å². The van der Waals surface area contributed by atoms with Crippen LogP contribution in [0.3, 0.4) is 0 Å². The highest BCUT2D eigenvalue weighted by molar-refractivity contribution is 5.37. The number of nitrogens with one attached hydrogen (secondary N) is 1. The minimum absolute atomic E-state index is 0.150. The van der Waals surface area contributed by atoms with Crippen LogP contribution >= 0.6 is 0 Å². The highest BCUT2D eigenvalue weighted by atomic mass is 19.1. The van der Waals surface area contributed by atoms with Crippen molar-refractivity contribution in [2.75, 3.05) is 19.7 Å². The van der Waals surface area contributed by atoms with Gasteiger partial charge in [0.1, 0.15) is 11.6 Å². The van der Waals surface area contributed by atoms with E-state index in [4.69, 9.17) is 10.5 Å². The number of benzene rings is 1. The van der Waals surface area contributed by atoms with Crippen molar-refractivity contribution < 1.29 is 9.13 Å². The maximum absolute atomic E-state index is 13.2. The van der Waals surface area contributed by atoms with Crippen molar-refractivity contribution in [3.8, 4) is 5.75 Å². The number of fused-ring (bicyclic) bond motifs is 1. The van der Waals surface area contributed by atoms with Crippen molar-refractivity contribution in [1.82, 2.24) is 5.32 Å². The zero-order valence-electron chi connectivity index (χ0n) is 9.21. The Bertz CT molecular complexity index is 357. The molecule has 1 heterocycles. The van der Waals surface area contributed by atoms with Crippen molar-refractivity contribution in [3.63, 3.8) is 0 Å². The Balaban J connectivity index is 2.24. The fraction of sp³-hybridized carbons (Fsp3) is 0.500. The van der Waals surface area contributed by atoms with Gasteiger partial charge in [-0.25, -0.2) is 4.39 Å². The molecule has 1 atom stereocenters. The monoisotopic (exact) mass is 224 g/mol. The third-order valence-electron chi connectivity index (χ3n) is 2.78. The Morgan fingerprint density at radius 2 is 2.38 bits per heavy atom. The summed E-state index contributed by atoms with van der Waals surface area (Å²) in [6, 6.07) is 4.84. The van der Waals surface area contributed by atoms with Gasteiger partial charge in [-0.3, -0.25) is 0 Å². The summed E-state index contributed by atoms with van der Waals surface area (Å²) < 4.78 is 18.8. The molecule has 16 heavy (non-hydrogen) atoms. The summed E-state index contributed by atoms with van der Waals surface area (Å²) in [5, 5.41) is 3.32. The van der Waals surface area contributed by atoms with Crippen LogP contribution in [0.5, 0.6) is 5.75 Å². The van der Waals surface area contributed by atoms with Gasteiger partial charge in [0, 0.05) is 24.7 Å². The maximum Gasteiger partial charge on any atom is 0.124 e. The third-order valence-corrected chi connectivity index (χ3v) is 2.78. The normalized spacial score (nSPS) is 19.8. The van der Waals surface area contributed by atoms with E-state index in [-0.39, 0.29) is 11.9 Å². The number of ether oxygens (including phenoxy) is 1. The SMILES string of the molecule is NCCNC1CCCOc2ccc(F)cc21. The minimum atomic E-state index is -0.219. The molecule has 0 fully saturated rings. The highest BCUT2D eigenvalue weighted by Crippen LogP contribution is 2.31. The zero-order valence-corrected chi connectivity index (χ0v) is 9.21. The van der Waals surface area contributed by atoms with Gasteiger partial charge in [0.15, 0.2) is 0 Å². The Kier molecular flexibility index (Phi) is 3.74. The molecule has 0 amide bonds. The molecular weight excluding hydrogens is 207 g/mol. The van der Waals surface area contributed by atoms with E-state index in [9.17, 15) is 4.39 Å². The molecule has 3 N–H and O–H groups in total. The molecule has 3 nitrogen and oxygen atoms in total. The van der Waals surface area contributed by atoms with Crippen LogP contribution in [0.4, 0.5) is 4.39 Å². The van der Waals surface area contributed by atoms with E-state index in [2.05, 4.69) is 5.32 Å². The van der Waals surface area contributed by atoms with Crippen LogP contribution in [-0.4, -0.2) is 19.7 Å². The fourth-order valence-electron chi connectivity index (χ4n) is 2.02. The van der Waals surface area contributed by atoms with Gasteiger partial charge >= 0.3 is 0 Å². The second kappa shape index (κ2) is 5.27. The van der Waals surface area contributed by atoms with Crippen molar-refractivity contribution >= 4 is 0 Å². The highest BCUT2D eigenvalue weighted by Gasteiger charge is 2.19. The van der Waals surface area contributed by atoms with Gasteiger partial charge < -0.3 is 15.8 Å². The lowest BCUT2D eigenvalue weighted by molar-refractivity contribution is 0.315. The molecule has 0 saturated carbocycles. The predicted molar refractivity (Wildman–Crippen MR) is 60.9 cm³/mol. The standard InChI is InChI=1S/C12H17FN2O/c13-9-3-4-12-10(8-9)11(15-6-5-14)2-1-7-16-12/h3-4,8,11,15H,1-2,5-7,14H2. The van der Waals surface area contributed by atoms with Crippen molar-refractivity contribution in [2.24, 2.45) is 5.73 Å². The summed E-state index contributed by atoms with van der Waals surface area (Å²) in [6.07, 6.45) is 1.93. The lowest BCUT2D eigenvalue weighted by Gasteiger charge is -2.17. The fourth-order valence-corrected chi connectivity index (χ4v) is 2.02.